The van der Waals surface area contributed by atoms with Gasteiger partial charge in [0, 0.05) is 5.38 Å². The van der Waals surface area contributed by atoms with Gasteiger partial charge in [0.25, 0.3) is 0 Å². The van der Waals surface area contributed by atoms with Crippen LogP contribution in [0.25, 0.3) is 0 Å². The maximum absolute atomic E-state index is 4.75. The molecule has 0 N–H and O–H groups in total. The van der Waals surface area contributed by atoms with E-state index in [1.165, 1.54) is 11.1 Å². The lowest BCUT2D eigenvalue weighted by molar-refractivity contribution is 0.835. The molecule has 2 nitrogen and oxygen atoms in total. The van der Waals surface area contributed by atoms with Gasteiger partial charge in [-0.2, -0.15) is 0 Å². The number of benzene rings is 1. The van der Waals surface area contributed by atoms with Crippen LogP contribution in [0.1, 0.15) is 61.4 Å². The number of para-hydroxylation sites is 1. The molecule has 0 saturated heterocycles. The van der Waals surface area contributed by atoms with Gasteiger partial charge < -0.3 is 0 Å². The molecule has 0 amide bonds. The topological polar surface area (TPSA) is 25.2 Å². The number of thiazole rings is 1. The first-order chi connectivity index (χ1) is 9.49. The normalized spacial score (nSPS) is 11.9. The van der Waals surface area contributed by atoms with Crippen LogP contribution in [0.2, 0.25) is 0 Å². The maximum Gasteiger partial charge on any atom is 0.0924 e. The minimum Gasteiger partial charge on any atom is -0.254 e. The Balaban J connectivity index is 2.45. The second kappa shape index (κ2) is 6.31. The molecule has 0 radical (unpaired) electrons. The molecule has 1 aromatic heterocycles. The molecule has 106 valence electrons. The van der Waals surface area contributed by atoms with Crippen molar-refractivity contribution in [2.75, 3.05) is 0 Å². The summed E-state index contributed by atoms with van der Waals surface area (Å²) in [5.41, 5.74) is 4.67. The zero-order chi connectivity index (χ0) is 14.7. The highest BCUT2D eigenvalue weighted by molar-refractivity contribution is 7.09. The molecule has 20 heavy (non-hydrogen) atoms. The fourth-order valence-corrected chi connectivity index (χ4v) is 2.79. The van der Waals surface area contributed by atoms with E-state index in [0.717, 1.165) is 16.4 Å². The number of nitrogens with zero attached hydrogens (tertiary/aromatic N) is 2. The predicted molar refractivity (Wildman–Crippen MR) is 88.7 cm³/mol. The summed E-state index contributed by atoms with van der Waals surface area (Å²) >= 11 is 1.66. The average molecular weight is 286 g/mol. The molecule has 2 aromatic rings. The van der Waals surface area contributed by atoms with Gasteiger partial charge in [-0.15, -0.1) is 11.3 Å². The van der Waals surface area contributed by atoms with Gasteiger partial charge in [0.15, 0.2) is 0 Å². The first-order valence-corrected chi connectivity index (χ1v) is 7.96. The van der Waals surface area contributed by atoms with Crippen LogP contribution >= 0.6 is 11.3 Å². The van der Waals surface area contributed by atoms with Gasteiger partial charge in [-0.3, -0.25) is 4.99 Å². The van der Waals surface area contributed by atoms with Crippen LogP contribution in [0.3, 0.4) is 0 Å². The van der Waals surface area contributed by atoms with Crippen molar-refractivity contribution in [1.82, 2.24) is 4.98 Å². The van der Waals surface area contributed by atoms with E-state index in [1.807, 2.05) is 18.5 Å². The summed E-state index contributed by atoms with van der Waals surface area (Å²) in [4.78, 5) is 9.20. The molecule has 2 rings (SSSR count). The number of aromatic nitrogens is 1. The van der Waals surface area contributed by atoms with Crippen LogP contribution in [0.5, 0.6) is 0 Å². The summed E-state index contributed by atoms with van der Waals surface area (Å²) in [7, 11) is 0. The SMILES string of the molecule is Cc1nc(C=Nc2c(C(C)C)cccc2C(C)C)cs1. The van der Waals surface area contributed by atoms with E-state index >= 15 is 0 Å². The van der Waals surface area contributed by atoms with Gasteiger partial charge >= 0.3 is 0 Å². The lowest BCUT2D eigenvalue weighted by Crippen LogP contribution is -1.95. The number of rotatable bonds is 4. The standard InChI is InChI=1S/C17H22N2S/c1-11(2)15-7-6-8-16(12(3)4)17(15)18-9-14-10-20-13(5)19-14/h6-12H,1-5H3. The summed E-state index contributed by atoms with van der Waals surface area (Å²) in [5, 5.41) is 3.12. The zero-order valence-electron chi connectivity index (χ0n) is 12.8. The largest absolute Gasteiger partial charge is 0.254 e. The van der Waals surface area contributed by atoms with E-state index in [4.69, 9.17) is 4.99 Å². The Hall–Kier alpha value is -1.48. The van der Waals surface area contributed by atoms with Crippen molar-refractivity contribution in [1.29, 1.82) is 0 Å². The monoisotopic (exact) mass is 286 g/mol. The highest BCUT2D eigenvalue weighted by atomic mass is 32.1. The van der Waals surface area contributed by atoms with Crippen LogP contribution in [0, 0.1) is 6.92 Å². The zero-order valence-corrected chi connectivity index (χ0v) is 13.7. The molecule has 0 bridgehead atoms. The summed E-state index contributed by atoms with van der Waals surface area (Å²) in [6.07, 6.45) is 1.89. The van der Waals surface area contributed by atoms with E-state index in [1.54, 1.807) is 11.3 Å². The molecule has 0 saturated carbocycles. The van der Waals surface area contributed by atoms with Crippen LogP contribution < -0.4 is 0 Å². The third-order valence-corrected chi connectivity index (χ3v) is 4.10. The molecule has 0 fully saturated rings. The average Bonchev–Trinajstić information content (AvgIpc) is 2.81. The molecular weight excluding hydrogens is 264 g/mol. The Morgan fingerprint density at radius 1 is 1.10 bits per heavy atom. The van der Waals surface area contributed by atoms with Crippen molar-refractivity contribution in [2.45, 2.75) is 46.5 Å². The number of hydrogen-bond acceptors (Lipinski definition) is 3. The smallest absolute Gasteiger partial charge is 0.0924 e. The summed E-state index contributed by atoms with van der Waals surface area (Å²) in [6, 6.07) is 6.49. The minimum atomic E-state index is 0.470. The molecule has 3 heteroatoms. The predicted octanol–water partition coefficient (Wildman–Crippen LogP) is 5.45. The quantitative estimate of drug-likeness (QED) is 0.686. The molecule has 0 atom stereocenters. The van der Waals surface area contributed by atoms with E-state index in [2.05, 4.69) is 50.9 Å². The van der Waals surface area contributed by atoms with E-state index in [9.17, 15) is 0 Å². The van der Waals surface area contributed by atoms with Crippen LogP contribution in [0.4, 0.5) is 5.69 Å². The Labute approximate surface area is 125 Å². The van der Waals surface area contributed by atoms with Crippen LogP contribution in [0.15, 0.2) is 28.6 Å². The number of aliphatic imine (C=N–C) groups is 1. The first-order valence-electron chi connectivity index (χ1n) is 7.08. The Morgan fingerprint density at radius 2 is 1.70 bits per heavy atom. The lowest BCUT2D eigenvalue weighted by atomic mass is 9.93. The number of aryl methyl sites for hydroxylation is 1. The molecule has 0 aliphatic heterocycles. The summed E-state index contributed by atoms with van der Waals surface area (Å²) in [5.74, 6) is 0.941. The fourth-order valence-electron chi connectivity index (χ4n) is 2.23. The van der Waals surface area contributed by atoms with E-state index in [0.29, 0.717) is 11.8 Å². The lowest BCUT2D eigenvalue weighted by Gasteiger charge is -2.16. The third-order valence-electron chi connectivity index (χ3n) is 3.31. The van der Waals surface area contributed by atoms with Crippen LogP contribution in [-0.2, 0) is 0 Å². The molecule has 0 spiro atoms. The fraction of sp³-hybridized carbons (Fsp3) is 0.412. The van der Waals surface area contributed by atoms with E-state index in [-0.39, 0.29) is 0 Å². The van der Waals surface area contributed by atoms with E-state index < -0.39 is 0 Å². The highest BCUT2D eigenvalue weighted by Gasteiger charge is 2.12. The van der Waals surface area contributed by atoms with Gasteiger partial charge in [0.2, 0.25) is 0 Å². The van der Waals surface area contributed by atoms with Gasteiger partial charge in [-0.25, -0.2) is 4.98 Å². The minimum absolute atomic E-state index is 0.470. The van der Waals surface area contributed by atoms with Gasteiger partial charge in [-0.05, 0) is 29.9 Å². The molecule has 1 heterocycles. The maximum atomic E-state index is 4.75. The molecule has 0 aliphatic rings. The Bertz CT molecular complexity index is 583. The van der Waals surface area contributed by atoms with Crippen molar-refractivity contribution >= 4 is 23.2 Å². The second-order valence-electron chi connectivity index (χ2n) is 5.64. The van der Waals surface area contributed by atoms with Crippen molar-refractivity contribution < 1.29 is 0 Å². The molecule has 1 aromatic carbocycles. The molecular formula is C17H22N2S. The second-order valence-corrected chi connectivity index (χ2v) is 6.71. The van der Waals surface area contributed by atoms with Crippen molar-refractivity contribution in [3.63, 3.8) is 0 Å². The molecule has 0 unspecified atom stereocenters. The van der Waals surface area contributed by atoms with Gasteiger partial charge in [-0.1, -0.05) is 45.9 Å². The summed E-state index contributed by atoms with van der Waals surface area (Å²) < 4.78 is 0. The summed E-state index contributed by atoms with van der Waals surface area (Å²) in [6.45, 7) is 10.9. The van der Waals surface area contributed by atoms with Crippen molar-refractivity contribution in [3.05, 3.63) is 45.4 Å². The van der Waals surface area contributed by atoms with Crippen molar-refractivity contribution in [3.8, 4) is 0 Å². The van der Waals surface area contributed by atoms with Crippen molar-refractivity contribution in [2.24, 2.45) is 4.99 Å². The first kappa shape index (κ1) is 14.9. The molecule has 0 aliphatic carbocycles. The Morgan fingerprint density at radius 3 is 2.15 bits per heavy atom. The highest BCUT2D eigenvalue weighted by Crippen LogP contribution is 2.34. The van der Waals surface area contributed by atoms with Gasteiger partial charge in [0.05, 0.1) is 22.6 Å². The third kappa shape index (κ3) is 3.34. The number of hydrogen-bond donors (Lipinski definition) is 0. The van der Waals surface area contributed by atoms with Crippen LogP contribution in [-0.4, -0.2) is 11.2 Å². The van der Waals surface area contributed by atoms with Gasteiger partial charge in [0.1, 0.15) is 0 Å². The Kier molecular flexibility index (Phi) is 4.71.